The Morgan fingerprint density at radius 1 is 1.29 bits per heavy atom. The number of hydrogen-bond acceptors (Lipinski definition) is 3. The number of fused-ring (bicyclic) bond motifs is 1. The van der Waals surface area contributed by atoms with Crippen molar-refractivity contribution in [1.29, 1.82) is 0 Å². The highest BCUT2D eigenvalue weighted by atomic mass is 35.5. The van der Waals surface area contributed by atoms with Crippen molar-refractivity contribution in [3.63, 3.8) is 0 Å². The summed E-state index contributed by atoms with van der Waals surface area (Å²) in [5, 5.41) is 1.49. The second kappa shape index (κ2) is 5.82. The molecule has 4 heteroatoms. The van der Waals surface area contributed by atoms with Gasteiger partial charge in [-0.1, -0.05) is 30.9 Å². The van der Waals surface area contributed by atoms with E-state index in [1.165, 1.54) is 0 Å². The maximum atomic E-state index is 12.9. The van der Waals surface area contributed by atoms with Crippen LogP contribution in [0.1, 0.15) is 49.6 Å². The van der Waals surface area contributed by atoms with Crippen molar-refractivity contribution in [2.24, 2.45) is 0 Å². The minimum absolute atomic E-state index is 0.0311. The molecule has 0 spiro atoms. The van der Waals surface area contributed by atoms with Gasteiger partial charge in [-0.15, -0.1) is 0 Å². The highest BCUT2D eigenvalue weighted by Gasteiger charge is 2.42. The molecular weight excluding hydrogens is 288 g/mol. The zero-order valence-corrected chi connectivity index (χ0v) is 12.9. The maximum Gasteiger partial charge on any atom is 0.229 e. The van der Waals surface area contributed by atoms with Crippen molar-refractivity contribution < 1.29 is 13.9 Å². The summed E-state index contributed by atoms with van der Waals surface area (Å²) in [6.45, 7) is 2.47. The summed E-state index contributed by atoms with van der Waals surface area (Å²) in [5.74, 6) is 0.346. The second-order valence-electron chi connectivity index (χ2n) is 5.61. The van der Waals surface area contributed by atoms with Crippen molar-refractivity contribution >= 4 is 28.4 Å². The van der Waals surface area contributed by atoms with Crippen molar-refractivity contribution in [1.82, 2.24) is 0 Å². The standard InChI is InChI=1S/C17H19ClO3/c1-2-20-17(8-4-3-5-9-17)16(19)15-11-12-10-13(18)6-7-14(12)21-15/h6-7,10-11H,2-5,8-9H2,1H3. The van der Waals surface area contributed by atoms with E-state index in [4.69, 9.17) is 20.8 Å². The van der Waals surface area contributed by atoms with Crippen LogP contribution in [0.2, 0.25) is 5.02 Å². The minimum atomic E-state index is -0.704. The van der Waals surface area contributed by atoms with Gasteiger partial charge in [0.1, 0.15) is 11.2 Å². The Morgan fingerprint density at radius 3 is 2.76 bits per heavy atom. The molecule has 1 aromatic heterocycles. The highest BCUT2D eigenvalue weighted by Crippen LogP contribution is 2.36. The Morgan fingerprint density at radius 2 is 2.05 bits per heavy atom. The first kappa shape index (κ1) is 14.6. The third kappa shape index (κ3) is 2.72. The molecule has 2 aromatic rings. The summed E-state index contributed by atoms with van der Waals surface area (Å²) in [5.41, 5.74) is -0.0183. The van der Waals surface area contributed by atoms with Crippen molar-refractivity contribution in [3.05, 3.63) is 35.0 Å². The van der Waals surface area contributed by atoms with E-state index in [1.54, 1.807) is 18.2 Å². The molecule has 0 atom stereocenters. The summed E-state index contributed by atoms with van der Waals surface area (Å²) in [4.78, 5) is 12.9. The summed E-state index contributed by atoms with van der Waals surface area (Å²) < 4.78 is 11.6. The number of Topliss-reactive ketones (excluding diaryl/α,β-unsaturated/α-hetero) is 1. The summed E-state index contributed by atoms with van der Waals surface area (Å²) in [6.07, 6.45) is 4.77. The van der Waals surface area contributed by atoms with E-state index in [2.05, 4.69) is 0 Å². The predicted molar refractivity (Wildman–Crippen MR) is 83.0 cm³/mol. The fourth-order valence-corrected chi connectivity index (χ4v) is 3.37. The Labute approximate surface area is 129 Å². The normalized spacial score (nSPS) is 18.0. The van der Waals surface area contributed by atoms with Gasteiger partial charge in [0.05, 0.1) is 0 Å². The minimum Gasteiger partial charge on any atom is -0.453 e. The molecule has 0 unspecified atom stereocenters. The van der Waals surface area contributed by atoms with Gasteiger partial charge in [0.15, 0.2) is 5.76 Å². The van der Waals surface area contributed by atoms with Gasteiger partial charge < -0.3 is 9.15 Å². The molecular formula is C17H19ClO3. The van der Waals surface area contributed by atoms with Crippen molar-refractivity contribution in [3.8, 4) is 0 Å². The number of halogens is 1. The molecule has 112 valence electrons. The fourth-order valence-electron chi connectivity index (χ4n) is 3.19. The number of ketones is 1. The van der Waals surface area contributed by atoms with Gasteiger partial charge in [0, 0.05) is 17.0 Å². The Bertz CT molecular complexity index is 648. The first-order valence-electron chi connectivity index (χ1n) is 7.52. The molecule has 1 aromatic carbocycles. The first-order chi connectivity index (χ1) is 10.1. The molecule has 1 saturated carbocycles. The lowest BCUT2D eigenvalue weighted by atomic mass is 9.80. The quantitative estimate of drug-likeness (QED) is 0.745. The SMILES string of the molecule is CCOC1(C(=O)c2cc3cc(Cl)ccc3o2)CCCCC1. The molecule has 0 saturated heterocycles. The van der Waals surface area contributed by atoms with E-state index in [-0.39, 0.29) is 5.78 Å². The number of hydrogen-bond donors (Lipinski definition) is 0. The zero-order valence-electron chi connectivity index (χ0n) is 12.2. The topological polar surface area (TPSA) is 39.4 Å². The summed E-state index contributed by atoms with van der Waals surface area (Å²) in [6, 6.07) is 7.15. The molecule has 1 aliphatic carbocycles. The van der Waals surface area contributed by atoms with Gasteiger partial charge in [-0.25, -0.2) is 0 Å². The van der Waals surface area contributed by atoms with E-state index in [1.807, 2.05) is 13.0 Å². The third-order valence-corrected chi connectivity index (χ3v) is 4.43. The lowest BCUT2D eigenvalue weighted by molar-refractivity contribution is -0.0424. The lowest BCUT2D eigenvalue weighted by Gasteiger charge is -2.34. The molecule has 3 rings (SSSR count). The zero-order chi connectivity index (χ0) is 14.9. The van der Waals surface area contributed by atoms with E-state index in [9.17, 15) is 4.79 Å². The van der Waals surface area contributed by atoms with Crippen LogP contribution in [0.3, 0.4) is 0 Å². The Kier molecular flexibility index (Phi) is 4.05. The van der Waals surface area contributed by atoms with Crippen LogP contribution < -0.4 is 0 Å². The van der Waals surface area contributed by atoms with E-state index in [0.29, 0.717) is 23.0 Å². The largest absolute Gasteiger partial charge is 0.453 e. The highest BCUT2D eigenvalue weighted by molar-refractivity contribution is 6.31. The van der Waals surface area contributed by atoms with Crippen LogP contribution in [0.15, 0.2) is 28.7 Å². The second-order valence-corrected chi connectivity index (χ2v) is 6.05. The smallest absolute Gasteiger partial charge is 0.229 e. The van der Waals surface area contributed by atoms with E-state index in [0.717, 1.165) is 37.5 Å². The summed E-state index contributed by atoms with van der Waals surface area (Å²) in [7, 11) is 0. The first-order valence-corrected chi connectivity index (χ1v) is 7.90. The predicted octanol–water partition coefficient (Wildman–Crippen LogP) is 5.01. The maximum absolute atomic E-state index is 12.9. The molecule has 1 heterocycles. The molecule has 1 aliphatic rings. The number of benzene rings is 1. The monoisotopic (exact) mass is 306 g/mol. The third-order valence-electron chi connectivity index (χ3n) is 4.20. The number of ether oxygens (including phenoxy) is 1. The molecule has 0 radical (unpaired) electrons. The molecule has 0 amide bonds. The number of furan rings is 1. The van der Waals surface area contributed by atoms with Gasteiger partial charge in [0.2, 0.25) is 5.78 Å². The molecule has 21 heavy (non-hydrogen) atoms. The molecule has 0 N–H and O–H groups in total. The van der Waals surface area contributed by atoms with Crippen LogP contribution in [0, 0.1) is 0 Å². The van der Waals surface area contributed by atoms with Crippen LogP contribution in [0.5, 0.6) is 0 Å². The van der Waals surface area contributed by atoms with Crippen LogP contribution in [0.4, 0.5) is 0 Å². The van der Waals surface area contributed by atoms with Crippen LogP contribution >= 0.6 is 11.6 Å². The van der Waals surface area contributed by atoms with Crippen LogP contribution in [-0.4, -0.2) is 18.0 Å². The number of carbonyl (C=O) groups excluding carboxylic acids is 1. The van der Waals surface area contributed by atoms with Gasteiger partial charge in [-0.2, -0.15) is 0 Å². The summed E-state index contributed by atoms with van der Waals surface area (Å²) >= 11 is 5.98. The van der Waals surface area contributed by atoms with Gasteiger partial charge in [-0.05, 0) is 44.0 Å². The van der Waals surface area contributed by atoms with Gasteiger partial charge >= 0.3 is 0 Å². The molecule has 0 bridgehead atoms. The van der Waals surface area contributed by atoms with E-state index >= 15 is 0 Å². The van der Waals surface area contributed by atoms with Crippen molar-refractivity contribution in [2.45, 2.75) is 44.6 Å². The van der Waals surface area contributed by atoms with Crippen LogP contribution in [-0.2, 0) is 4.74 Å². The lowest BCUT2D eigenvalue weighted by Crippen LogP contribution is -2.43. The Hall–Kier alpha value is -1.32. The van der Waals surface area contributed by atoms with Gasteiger partial charge in [0.25, 0.3) is 0 Å². The van der Waals surface area contributed by atoms with Crippen LogP contribution in [0.25, 0.3) is 11.0 Å². The fraction of sp³-hybridized carbons (Fsp3) is 0.471. The number of rotatable bonds is 4. The average molecular weight is 307 g/mol. The molecule has 0 aliphatic heterocycles. The van der Waals surface area contributed by atoms with Gasteiger partial charge in [-0.3, -0.25) is 4.79 Å². The van der Waals surface area contributed by atoms with E-state index < -0.39 is 5.60 Å². The molecule has 1 fully saturated rings. The Balaban J connectivity index is 1.97. The average Bonchev–Trinajstić information content (AvgIpc) is 2.90. The number of carbonyl (C=O) groups is 1. The molecule has 3 nitrogen and oxygen atoms in total. The van der Waals surface area contributed by atoms with Crippen molar-refractivity contribution in [2.75, 3.05) is 6.61 Å².